The Morgan fingerprint density at radius 2 is 1.82 bits per heavy atom. The molecule has 1 N–H and O–H groups in total. The number of hydrogen-bond acceptors (Lipinski definition) is 3. The molecule has 0 saturated heterocycles. The van der Waals surface area contributed by atoms with E-state index in [-0.39, 0.29) is 18.1 Å². The first-order chi connectivity index (χ1) is 13.5. The Morgan fingerprint density at radius 1 is 1.14 bits per heavy atom. The Hall–Kier alpha value is -1.94. The van der Waals surface area contributed by atoms with Crippen LogP contribution in [0.3, 0.4) is 0 Å². The molecule has 4 nitrogen and oxygen atoms in total. The van der Waals surface area contributed by atoms with Crippen LogP contribution < -0.4 is 10.1 Å². The number of ether oxygens (including phenoxy) is 1. The van der Waals surface area contributed by atoms with Crippen molar-refractivity contribution >= 4 is 17.5 Å². The molecule has 4 aliphatic rings. The molecule has 148 valence electrons. The zero-order valence-electron chi connectivity index (χ0n) is 16.2. The minimum atomic E-state index is -0.0953. The first kappa shape index (κ1) is 18.1. The number of amides is 1. The molecule has 4 fully saturated rings. The van der Waals surface area contributed by atoms with Crippen LogP contribution in [-0.2, 0) is 6.61 Å². The van der Waals surface area contributed by atoms with E-state index in [0.29, 0.717) is 22.3 Å². The fourth-order valence-electron chi connectivity index (χ4n) is 6.09. The maximum absolute atomic E-state index is 12.9. The third-order valence-electron chi connectivity index (χ3n) is 6.82. The number of hydrogen-bond donors (Lipinski definition) is 1. The van der Waals surface area contributed by atoms with Gasteiger partial charge in [0, 0.05) is 5.54 Å². The van der Waals surface area contributed by atoms with Gasteiger partial charge in [0.2, 0.25) is 0 Å². The highest BCUT2D eigenvalue weighted by atomic mass is 35.5. The quantitative estimate of drug-likeness (QED) is 0.720. The summed E-state index contributed by atoms with van der Waals surface area (Å²) in [6.45, 7) is 2.20. The molecule has 0 unspecified atom stereocenters. The molecule has 2 aromatic rings. The zero-order chi connectivity index (χ0) is 19.3. The molecule has 1 amide bonds. The molecule has 1 aromatic carbocycles. The van der Waals surface area contributed by atoms with Gasteiger partial charge in [-0.15, -0.1) is 0 Å². The van der Waals surface area contributed by atoms with Gasteiger partial charge in [-0.25, -0.2) is 0 Å². The third-order valence-corrected chi connectivity index (χ3v) is 7.12. The van der Waals surface area contributed by atoms with Gasteiger partial charge in [-0.2, -0.15) is 0 Å². The number of nitrogens with one attached hydrogen (secondary N) is 1. The summed E-state index contributed by atoms with van der Waals surface area (Å²) in [6.07, 6.45) is 7.48. The van der Waals surface area contributed by atoms with Crippen LogP contribution in [0.4, 0.5) is 0 Å². The summed E-state index contributed by atoms with van der Waals surface area (Å²) in [5, 5.41) is 3.93. The van der Waals surface area contributed by atoms with Gasteiger partial charge < -0.3 is 14.5 Å². The maximum atomic E-state index is 12.9. The predicted octanol–water partition coefficient (Wildman–Crippen LogP) is 5.52. The van der Waals surface area contributed by atoms with Crippen LogP contribution >= 0.6 is 11.6 Å². The molecule has 0 spiro atoms. The van der Waals surface area contributed by atoms with Crippen LogP contribution in [-0.4, -0.2) is 11.4 Å². The van der Waals surface area contributed by atoms with Crippen LogP contribution in [0.1, 0.15) is 60.4 Å². The van der Waals surface area contributed by atoms with E-state index in [0.717, 1.165) is 42.6 Å². The summed E-state index contributed by atoms with van der Waals surface area (Å²) < 4.78 is 11.6. The standard InChI is InChI=1S/C23H26ClNO3/c1-14-3-2-4-19(24)21(14)27-13-18-5-6-20(28-18)22(26)25-23-10-15-7-16(11-23)9-17(8-15)12-23/h2-6,15-17H,7-13H2,1H3,(H,25,26). The molecule has 5 heteroatoms. The normalized spacial score (nSPS) is 30.4. The topological polar surface area (TPSA) is 51.5 Å². The second-order valence-corrected chi connectivity index (χ2v) is 9.50. The molecule has 0 atom stereocenters. The molecule has 1 aromatic heterocycles. The van der Waals surface area contributed by atoms with E-state index in [9.17, 15) is 4.79 Å². The van der Waals surface area contributed by atoms with Crippen molar-refractivity contribution in [1.82, 2.24) is 5.32 Å². The monoisotopic (exact) mass is 399 g/mol. The number of para-hydroxylation sites is 1. The molecule has 4 aliphatic carbocycles. The summed E-state index contributed by atoms with van der Waals surface area (Å²) in [6, 6.07) is 9.20. The first-order valence-electron chi connectivity index (χ1n) is 10.3. The van der Waals surface area contributed by atoms with Gasteiger partial charge in [-0.3, -0.25) is 4.79 Å². The van der Waals surface area contributed by atoms with Crippen molar-refractivity contribution in [3.8, 4) is 5.75 Å². The van der Waals surface area contributed by atoms with Crippen LogP contribution in [0.2, 0.25) is 5.02 Å². The van der Waals surface area contributed by atoms with E-state index in [1.807, 2.05) is 19.1 Å². The average molecular weight is 400 g/mol. The molecule has 4 saturated carbocycles. The number of rotatable bonds is 5. The van der Waals surface area contributed by atoms with Crippen LogP contribution in [0.25, 0.3) is 0 Å². The second kappa shape index (κ2) is 6.84. The van der Waals surface area contributed by atoms with E-state index in [2.05, 4.69) is 5.32 Å². The summed E-state index contributed by atoms with van der Waals surface area (Å²) >= 11 is 6.20. The highest BCUT2D eigenvalue weighted by Gasteiger charge is 2.51. The largest absolute Gasteiger partial charge is 0.484 e. The number of aryl methyl sites for hydroxylation is 1. The summed E-state index contributed by atoms with van der Waals surface area (Å²) in [4.78, 5) is 12.9. The number of benzene rings is 1. The van der Waals surface area contributed by atoms with Crippen molar-refractivity contribution in [2.24, 2.45) is 17.8 Å². The van der Waals surface area contributed by atoms with E-state index >= 15 is 0 Å². The summed E-state index contributed by atoms with van der Waals surface area (Å²) in [5.41, 5.74) is 0.961. The van der Waals surface area contributed by atoms with Crippen molar-refractivity contribution in [3.05, 3.63) is 52.4 Å². The number of furan rings is 1. The molecular weight excluding hydrogens is 374 g/mol. The fourth-order valence-corrected chi connectivity index (χ4v) is 6.36. The number of carbonyl (C=O) groups is 1. The first-order valence-corrected chi connectivity index (χ1v) is 10.7. The van der Waals surface area contributed by atoms with Crippen molar-refractivity contribution in [2.45, 2.75) is 57.6 Å². The van der Waals surface area contributed by atoms with Gasteiger partial charge in [-0.1, -0.05) is 23.7 Å². The van der Waals surface area contributed by atoms with Crippen molar-refractivity contribution < 1.29 is 13.9 Å². The van der Waals surface area contributed by atoms with Gasteiger partial charge in [0.25, 0.3) is 5.91 Å². The lowest BCUT2D eigenvalue weighted by Crippen LogP contribution is -2.59. The van der Waals surface area contributed by atoms with E-state index in [1.54, 1.807) is 18.2 Å². The van der Waals surface area contributed by atoms with Gasteiger partial charge >= 0.3 is 0 Å². The molecule has 28 heavy (non-hydrogen) atoms. The van der Waals surface area contributed by atoms with Gasteiger partial charge in [-0.05, 0) is 87.0 Å². The van der Waals surface area contributed by atoms with E-state index < -0.39 is 0 Å². The SMILES string of the molecule is Cc1cccc(Cl)c1OCc1ccc(C(=O)NC23CC4CC(CC(C4)C2)C3)o1. The average Bonchev–Trinajstić information content (AvgIpc) is 3.09. The van der Waals surface area contributed by atoms with Gasteiger partial charge in [0.1, 0.15) is 18.1 Å². The van der Waals surface area contributed by atoms with Crippen LogP contribution in [0.5, 0.6) is 5.75 Å². The third kappa shape index (κ3) is 3.32. The Morgan fingerprint density at radius 3 is 2.46 bits per heavy atom. The van der Waals surface area contributed by atoms with Crippen LogP contribution in [0.15, 0.2) is 34.7 Å². The molecule has 4 bridgehead atoms. The van der Waals surface area contributed by atoms with Crippen molar-refractivity contribution in [3.63, 3.8) is 0 Å². The Kier molecular flexibility index (Phi) is 4.42. The zero-order valence-corrected chi connectivity index (χ0v) is 16.9. The fraction of sp³-hybridized carbons (Fsp3) is 0.522. The minimum Gasteiger partial charge on any atom is -0.484 e. The van der Waals surface area contributed by atoms with Gasteiger partial charge in [0.05, 0.1) is 5.02 Å². The number of halogens is 1. The predicted molar refractivity (Wildman–Crippen MR) is 108 cm³/mol. The van der Waals surface area contributed by atoms with E-state index in [4.69, 9.17) is 20.8 Å². The smallest absolute Gasteiger partial charge is 0.287 e. The lowest BCUT2D eigenvalue weighted by atomic mass is 9.53. The maximum Gasteiger partial charge on any atom is 0.287 e. The lowest BCUT2D eigenvalue weighted by molar-refractivity contribution is -0.0171. The summed E-state index contributed by atoms with van der Waals surface area (Å²) in [7, 11) is 0. The molecule has 6 rings (SSSR count). The second-order valence-electron chi connectivity index (χ2n) is 9.09. The minimum absolute atomic E-state index is 0.00996. The number of carbonyl (C=O) groups excluding carboxylic acids is 1. The lowest BCUT2D eigenvalue weighted by Gasteiger charge is -2.56. The Bertz CT molecular complexity index is 847. The molecule has 1 heterocycles. The van der Waals surface area contributed by atoms with Crippen molar-refractivity contribution in [2.75, 3.05) is 0 Å². The Balaban J connectivity index is 1.24. The molecule has 0 radical (unpaired) electrons. The molecular formula is C23H26ClNO3. The molecule has 0 aliphatic heterocycles. The van der Waals surface area contributed by atoms with E-state index in [1.165, 1.54) is 19.3 Å². The highest BCUT2D eigenvalue weighted by Crippen LogP contribution is 2.55. The van der Waals surface area contributed by atoms with Crippen molar-refractivity contribution in [1.29, 1.82) is 0 Å². The summed E-state index contributed by atoms with van der Waals surface area (Å²) in [5.74, 6) is 3.94. The highest BCUT2D eigenvalue weighted by molar-refractivity contribution is 6.32. The van der Waals surface area contributed by atoms with Crippen LogP contribution in [0, 0.1) is 24.7 Å². The Labute approximate surface area is 170 Å². The van der Waals surface area contributed by atoms with Gasteiger partial charge in [0.15, 0.2) is 5.76 Å².